The van der Waals surface area contributed by atoms with E-state index in [1.54, 1.807) is 26.0 Å². The van der Waals surface area contributed by atoms with Crippen molar-refractivity contribution in [3.63, 3.8) is 0 Å². The highest BCUT2D eigenvalue weighted by molar-refractivity contribution is 7.92. The summed E-state index contributed by atoms with van der Waals surface area (Å²) in [6.07, 6.45) is 0. The fourth-order valence-electron chi connectivity index (χ4n) is 2.43. The first-order valence-electron chi connectivity index (χ1n) is 7.35. The number of carboxylic acids is 1. The van der Waals surface area contributed by atoms with E-state index >= 15 is 0 Å². The zero-order chi connectivity index (χ0) is 18.8. The van der Waals surface area contributed by atoms with Gasteiger partial charge in [-0.25, -0.2) is 13.2 Å². The number of carboxylic acid groups (broad SMARTS) is 1. The Morgan fingerprint density at radius 1 is 1.00 bits per heavy atom. The molecule has 1 amide bonds. The maximum atomic E-state index is 12.7. The van der Waals surface area contributed by atoms with Crippen molar-refractivity contribution in [2.24, 2.45) is 0 Å². The number of carbonyl (C=O) groups excluding carboxylic acids is 1. The minimum Gasteiger partial charge on any atom is -0.478 e. The number of hydrogen-bond donors (Lipinski definition) is 3. The molecular formula is C17H18N2O5S. The topological polar surface area (TPSA) is 113 Å². The number of nitrogens with one attached hydrogen (secondary N) is 2. The Morgan fingerprint density at radius 2 is 1.64 bits per heavy atom. The summed E-state index contributed by atoms with van der Waals surface area (Å²) >= 11 is 0. The van der Waals surface area contributed by atoms with Crippen LogP contribution >= 0.6 is 0 Å². The Kier molecular flexibility index (Phi) is 5.13. The summed E-state index contributed by atoms with van der Waals surface area (Å²) in [5, 5.41) is 11.8. The zero-order valence-electron chi connectivity index (χ0n) is 14.0. The van der Waals surface area contributed by atoms with Gasteiger partial charge in [0.2, 0.25) is 5.91 Å². The van der Waals surface area contributed by atoms with E-state index in [9.17, 15) is 23.1 Å². The van der Waals surface area contributed by atoms with Crippen molar-refractivity contribution in [2.75, 3.05) is 10.0 Å². The molecule has 0 bridgehead atoms. The number of sulfonamides is 1. The molecule has 0 atom stereocenters. The molecule has 8 heteroatoms. The highest BCUT2D eigenvalue weighted by Gasteiger charge is 2.21. The Balaban J connectivity index is 2.42. The smallest absolute Gasteiger partial charge is 0.335 e. The molecule has 0 radical (unpaired) electrons. The number of amides is 1. The Morgan fingerprint density at radius 3 is 2.24 bits per heavy atom. The van der Waals surface area contributed by atoms with E-state index < -0.39 is 16.0 Å². The van der Waals surface area contributed by atoms with Crippen molar-refractivity contribution >= 4 is 33.3 Å². The Hall–Kier alpha value is -2.87. The number of carbonyl (C=O) groups is 2. The van der Waals surface area contributed by atoms with Crippen molar-refractivity contribution < 1.29 is 23.1 Å². The number of rotatable bonds is 5. The van der Waals surface area contributed by atoms with Gasteiger partial charge in [0, 0.05) is 12.6 Å². The Labute approximate surface area is 145 Å². The van der Waals surface area contributed by atoms with E-state index in [2.05, 4.69) is 10.0 Å². The second-order valence-electron chi connectivity index (χ2n) is 5.61. The van der Waals surface area contributed by atoms with Crippen LogP contribution in [0.1, 0.15) is 28.4 Å². The van der Waals surface area contributed by atoms with Crippen LogP contribution in [0.3, 0.4) is 0 Å². The Bertz CT molecular complexity index is 952. The largest absolute Gasteiger partial charge is 0.478 e. The molecule has 2 aromatic rings. The molecule has 0 aliphatic rings. The molecule has 132 valence electrons. The summed E-state index contributed by atoms with van der Waals surface area (Å²) in [4.78, 5) is 22.3. The van der Waals surface area contributed by atoms with Gasteiger partial charge in [0.05, 0.1) is 16.1 Å². The van der Waals surface area contributed by atoms with E-state index in [4.69, 9.17) is 0 Å². The highest BCUT2D eigenvalue weighted by Crippen LogP contribution is 2.24. The van der Waals surface area contributed by atoms with E-state index in [0.717, 1.165) is 6.07 Å². The maximum absolute atomic E-state index is 12.7. The van der Waals surface area contributed by atoms with E-state index in [-0.39, 0.29) is 22.1 Å². The quantitative estimate of drug-likeness (QED) is 0.757. The summed E-state index contributed by atoms with van der Waals surface area (Å²) in [6, 6.07) is 8.89. The van der Waals surface area contributed by atoms with Crippen LogP contribution < -0.4 is 10.0 Å². The van der Waals surface area contributed by atoms with Gasteiger partial charge in [-0.2, -0.15) is 0 Å². The molecule has 3 N–H and O–H groups in total. The van der Waals surface area contributed by atoms with Crippen LogP contribution in [0, 0.1) is 13.8 Å². The second kappa shape index (κ2) is 6.94. The average molecular weight is 362 g/mol. The minimum absolute atomic E-state index is 0.0713. The molecule has 0 saturated heterocycles. The van der Waals surface area contributed by atoms with Gasteiger partial charge in [0.15, 0.2) is 0 Å². The van der Waals surface area contributed by atoms with Crippen molar-refractivity contribution in [2.45, 2.75) is 25.7 Å². The number of benzene rings is 2. The first-order valence-corrected chi connectivity index (χ1v) is 8.83. The van der Waals surface area contributed by atoms with Crippen LogP contribution in [0.2, 0.25) is 0 Å². The molecule has 7 nitrogen and oxygen atoms in total. The monoisotopic (exact) mass is 362 g/mol. The summed E-state index contributed by atoms with van der Waals surface area (Å²) in [6.45, 7) is 4.55. The third-order valence-corrected chi connectivity index (χ3v) is 5.00. The summed E-state index contributed by atoms with van der Waals surface area (Å²) in [7, 11) is -3.99. The summed E-state index contributed by atoms with van der Waals surface area (Å²) < 4.78 is 27.7. The molecule has 25 heavy (non-hydrogen) atoms. The first kappa shape index (κ1) is 18.5. The highest BCUT2D eigenvalue weighted by atomic mass is 32.2. The minimum atomic E-state index is -3.99. The molecule has 2 rings (SSSR count). The van der Waals surface area contributed by atoms with Crippen LogP contribution in [0.25, 0.3) is 0 Å². The number of aromatic carboxylic acids is 1. The van der Waals surface area contributed by atoms with E-state index in [0.29, 0.717) is 16.8 Å². The lowest BCUT2D eigenvalue weighted by molar-refractivity contribution is -0.114. The fraction of sp³-hybridized carbons (Fsp3) is 0.176. The molecule has 0 unspecified atom stereocenters. The van der Waals surface area contributed by atoms with Gasteiger partial charge in [0.1, 0.15) is 0 Å². The molecule has 0 aliphatic heterocycles. The number of aryl methyl sites for hydroxylation is 2. The van der Waals surface area contributed by atoms with Crippen LogP contribution in [0.4, 0.5) is 11.4 Å². The molecule has 0 spiro atoms. The first-order chi connectivity index (χ1) is 11.6. The molecule has 2 aromatic carbocycles. The van der Waals surface area contributed by atoms with Gasteiger partial charge < -0.3 is 10.4 Å². The van der Waals surface area contributed by atoms with Crippen LogP contribution in [0.5, 0.6) is 0 Å². The van der Waals surface area contributed by atoms with Crippen LogP contribution in [-0.4, -0.2) is 25.4 Å². The molecule has 0 heterocycles. The molecule has 0 aliphatic carbocycles. The van der Waals surface area contributed by atoms with Gasteiger partial charge in [0.25, 0.3) is 10.0 Å². The van der Waals surface area contributed by atoms with Gasteiger partial charge in [-0.15, -0.1) is 0 Å². The van der Waals surface area contributed by atoms with E-state index in [1.807, 2.05) is 0 Å². The fourth-order valence-corrected chi connectivity index (χ4v) is 3.73. The normalized spacial score (nSPS) is 11.0. The SMILES string of the molecule is CC(=O)Nc1cccc(NS(=O)(=O)c2cc(C(=O)O)c(C)cc2C)c1. The van der Waals surface area contributed by atoms with Gasteiger partial charge in [-0.1, -0.05) is 12.1 Å². The standard InChI is InChI=1S/C17H18N2O5S/c1-10-7-11(2)16(9-15(10)17(21)22)25(23,24)19-14-6-4-5-13(8-14)18-12(3)20/h4-9,19H,1-3H3,(H,18,20)(H,21,22). The second-order valence-corrected chi connectivity index (χ2v) is 7.26. The zero-order valence-corrected chi connectivity index (χ0v) is 14.8. The van der Waals surface area contributed by atoms with Gasteiger partial charge >= 0.3 is 5.97 Å². The summed E-state index contributed by atoms with van der Waals surface area (Å²) in [5.41, 5.74) is 1.55. The third kappa shape index (κ3) is 4.36. The molecule has 0 aromatic heterocycles. The van der Waals surface area contributed by atoms with Crippen molar-refractivity contribution in [1.29, 1.82) is 0 Å². The number of anilines is 2. The van der Waals surface area contributed by atoms with Crippen LogP contribution in [-0.2, 0) is 14.8 Å². The lowest BCUT2D eigenvalue weighted by Gasteiger charge is -2.13. The van der Waals surface area contributed by atoms with Gasteiger partial charge in [-0.3, -0.25) is 9.52 Å². The maximum Gasteiger partial charge on any atom is 0.335 e. The average Bonchev–Trinajstić information content (AvgIpc) is 2.45. The molecule has 0 fully saturated rings. The molecule has 0 saturated carbocycles. The van der Waals surface area contributed by atoms with Crippen molar-refractivity contribution in [3.05, 3.63) is 53.1 Å². The molecular weight excluding hydrogens is 344 g/mol. The third-order valence-electron chi connectivity index (χ3n) is 3.48. The number of hydrogen-bond acceptors (Lipinski definition) is 4. The predicted molar refractivity (Wildman–Crippen MR) is 94.4 cm³/mol. The summed E-state index contributed by atoms with van der Waals surface area (Å²) in [5.74, 6) is -1.47. The predicted octanol–water partition coefficient (Wildman–Crippen LogP) is 2.76. The lowest BCUT2D eigenvalue weighted by atomic mass is 10.1. The van der Waals surface area contributed by atoms with Crippen molar-refractivity contribution in [1.82, 2.24) is 0 Å². The lowest BCUT2D eigenvalue weighted by Crippen LogP contribution is -2.16. The van der Waals surface area contributed by atoms with E-state index in [1.165, 1.54) is 25.1 Å². The van der Waals surface area contributed by atoms with Crippen LogP contribution in [0.15, 0.2) is 41.3 Å². The van der Waals surface area contributed by atoms with Crippen molar-refractivity contribution in [3.8, 4) is 0 Å². The van der Waals surface area contributed by atoms with Gasteiger partial charge in [-0.05, 0) is 49.2 Å².